The first-order valence-corrected chi connectivity index (χ1v) is 11.0. The summed E-state index contributed by atoms with van der Waals surface area (Å²) in [5, 5.41) is 0. The normalized spacial score (nSPS) is 11.1. The van der Waals surface area contributed by atoms with E-state index in [-0.39, 0.29) is 0 Å². The molecule has 0 aromatic carbocycles. The number of aryl methyl sites for hydroxylation is 1. The molecule has 0 amide bonds. The summed E-state index contributed by atoms with van der Waals surface area (Å²) in [6.07, 6.45) is 27.6. The summed E-state index contributed by atoms with van der Waals surface area (Å²) in [5.41, 5.74) is 1.25. The monoisotopic (exact) mass is 346 g/mol. The molecular formula is C23H42N2. The predicted octanol–water partition coefficient (Wildman–Crippen LogP) is 7.86. The van der Waals surface area contributed by atoms with Gasteiger partial charge in [0, 0.05) is 11.9 Å². The summed E-state index contributed by atoms with van der Waals surface area (Å²) in [6, 6.07) is 0. The quantitative estimate of drug-likeness (QED) is 0.269. The Hall–Kier alpha value is -1.05. The van der Waals surface area contributed by atoms with Crippen molar-refractivity contribution in [1.82, 2.24) is 9.97 Å². The van der Waals surface area contributed by atoms with E-state index in [0.29, 0.717) is 0 Å². The Morgan fingerprint density at radius 1 is 0.760 bits per heavy atom. The maximum Gasteiger partial charge on any atom is 0.129 e. The van der Waals surface area contributed by atoms with Gasteiger partial charge in [-0.2, -0.15) is 0 Å². The van der Waals surface area contributed by atoms with Crippen molar-refractivity contribution in [3.63, 3.8) is 0 Å². The third-order valence-electron chi connectivity index (χ3n) is 5.14. The van der Waals surface area contributed by atoms with E-state index in [1.807, 2.05) is 6.20 Å². The Balaban J connectivity index is 1.74. The van der Waals surface area contributed by atoms with E-state index >= 15 is 0 Å². The number of imidazole rings is 1. The van der Waals surface area contributed by atoms with Crippen LogP contribution in [0.3, 0.4) is 0 Å². The molecule has 0 saturated heterocycles. The number of hydrogen-bond acceptors (Lipinski definition) is 1. The molecule has 144 valence electrons. The van der Waals surface area contributed by atoms with Crippen LogP contribution >= 0.6 is 0 Å². The zero-order valence-corrected chi connectivity index (χ0v) is 16.8. The molecule has 0 aliphatic carbocycles. The van der Waals surface area contributed by atoms with Gasteiger partial charge in [0.05, 0.1) is 0 Å². The predicted molar refractivity (Wildman–Crippen MR) is 112 cm³/mol. The first-order chi connectivity index (χ1) is 12.4. The highest BCUT2D eigenvalue weighted by molar-refractivity contribution is 5.36. The van der Waals surface area contributed by atoms with Crippen molar-refractivity contribution in [2.75, 3.05) is 0 Å². The second kappa shape index (κ2) is 16.4. The van der Waals surface area contributed by atoms with Gasteiger partial charge in [-0.3, -0.25) is 0 Å². The van der Waals surface area contributed by atoms with Crippen molar-refractivity contribution in [1.29, 1.82) is 0 Å². The van der Waals surface area contributed by atoms with E-state index in [1.54, 1.807) is 6.08 Å². The second-order valence-corrected chi connectivity index (χ2v) is 7.55. The minimum absolute atomic E-state index is 0.895. The molecule has 1 rings (SSSR count). The number of nitrogens with one attached hydrogen (secondary N) is 1. The number of unbranched alkanes of at least 4 members (excludes halogenated alkanes) is 15. The molecule has 0 saturated carbocycles. The number of hydrogen-bond donors (Lipinski definition) is 1. The fourth-order valence-electron chi connectivity index (χ4n) is 3.47. The fraction of sp³-hybridized carbons (Fsp3) is 0.783. The standard InChI is InChI=1S/C23H42N2/c1-3-5-6-7-8-9-10-11-12-13-14-15-16-17-18-19-20-22-21-24-23(4-2)25-22/h4,21H,2-3,5-20H2,1H3,(H,24,25). The van der Waals surface area contributed by atoms with Gasteiger partial charge in [-0.05, 0) is 18.9 Å². The Labute approximate surface area is 156 Å². The summed E-state index contributed by atoms with van der Waals surface area (Å²) in [4.78, 5) is 7.54. The molecule has 1 aromatic heterocycles. The van der Waals surface area contributed by atoms with E-state index in [2.05, 4.69) is 23.5 Å². The highest BCUT2D eigenvalue weighted by Gasteiger charge is 1.98. The van der Waals surface area contributed by atoms with Crippen LogP contribution in [0.25, 0.3) is 6.08 Å². The van der Waals surface area contributed by atoms with Gasteiger partial charge in [-0.15, -0.1) is 0 Å². The maximum atomic E-state index is 4.25. The van der Waals surface area contributed by atoms with Gasteiger partial charge in [-0.25, -0.2) is 4.98 Å². The van der Waals surface area contributed by atoms with Crippen molar-refractivity contribution in [3.8, 4) is 0 Å². The fourth-order valence-corrected chi connectivity index (χ4v) is 3.47. The van der Waals surface area contributed by atoms with Crippen LogP contribution < -0.4 is 0 Å². The summed E-state index contributed by atoms with van der Waals surface area (Å²) >= 11 is 0. The molecule has 1 aromatic rings. The van der Waals surface area contributed by atoms with Crippen LogP contribution in [0.15, 0.2) is 12.8 Å². The first kappa shape index (κ1) is 22.0. The lowest BCUT2D eigenvalue weighted by Crippen LogP contribution is -1.87. The summed E-state index contributed by atoms with van der Waals surface area (Å²) in [6.45, 7) is 6.02. The van der Waals surface area contributed by atoms with Gasteiger partial charge in [-0.1, -0.05) is 110 Å². The number of aromatic nitrogens is 2. The molecule has 0 bridgehead atoms. The van der Waals surface area contributed by atoms with Crippen LogP contribution in [-0.2, 0) is 6.42 Å². The molecule has 0 unspecified atom stereocenters. The second-order valence-electron chi connectivity index (χ2n) is 7.55. The van der Waals surface area contributed by atoms with E-state index in [0.717, 1.165) is 12.2 Å². The minimum Gasteiger partial charge on any atom is -0.342 e. The summed E-state index contributed by atoms with van der Waals surface area (Å²) < 4.78 is 0. The number of aromatic amines is 1. The molecule has 0 atom stereocenters. The van der Waals surface area contributed by atoms with E-state index in [4.69, 9.17) is 0 Å². The number of rotatable bonds is 18. The summed E-state index contributed by atoms with van der Waals surface area (Å²) in [7, 11) is 0. The largest absolute Gasteiger partial charge is 0.342 e. The molecule has 1 heterocycles. The molecule has 0 spiro atoms. The van der Waals surface area contributed by atoms with Gasteiger partial charge in [0.15, 0.2) is 0 Å². The van der Waals surface area contributed by atoms with Crippen LogP contribution in [0.5, 0.6) is 0 Å². The van der Waals surface area contributed by atoms with Gasteiger partial charge >= 0.3 is 0 Å². The molecule has 2 nitrogen and oxygen atoms in total. The average molecular weight is 347 g/mol. The van der Waals surface area contributed by atoms with Crippen LogP contribution in [0.4, 0.5) is 0 Å². The molecule has 0 radical (unpaired) electrons. The molecule has 0 aliphatic heterocycles. The van der Waals surface area contributed by atoms with Crippen LogP contribution in [0.1, 0.15) is 121 Å². The number of nitrogens with zero attached hydrogens (tertiary/aromatic N) is 1. The first-order valence-electron chi connectivity index (χ1n) is 11.0. The average Bonchev–Trinajstić information content (AvgIpc) is 3.09. The van der Waals surface area contributed by atoms with E-state index in [1.165, 1.54) is 108 Å². The Bertz CT molecular complexity index is 408. The third-order valence-corrected chi connectivity index (χ3v) is 5.14. The van der Waals surface area contributed by atoms with Gasteiger partial charge in [0.2, 0.25) is 0 Å². The van der Waals surface area contributed by atoms with E-state index in [9.17, 15) is 0 Å². The van der Waals surface area contributed by atoms with Crippen molar-refractivity contribution in [2.24, 2.45) is 0 Å². The van der Waals surface area contributed by atoms with Gasteiger partial charge < -0.3 is 4.98 Å². The highest BCUT2D eigenvalue weighted by Crippen LogP contribution is 2.14. The van der Waals surface area contributed by atoms with Crippen molar-refractivity contribution < 1.29 is 0 Å². The Morgan fingerprint density at radius 2 is 1.20 bits per heavy atom. The molecule has 2 heteroatoms. The lowest BCUT2D eigenvalue weighted by atomic mass is 10.0. The van der Waals surface area contributed by atoms with Crippen molar-refractivity contribution in [2.45, 2.75) is 116 Å². The van der Waals surface area contributed by atoms with Gasteiger partial charge in [0.1, 0.15) is 5.82 Å². The molecule has 0 fully saturated rings. The van der Waals surface area contributed by atoms with E-state index < -0.39 is 0 Å². The van der Waals surface area contributed by atoms with Gasteiger partial charge in [0.25, 0.3) is 0 Å². The maximum absolute atomic E-state index is 4.25. The topological polar surface area (TPSA) is 28.7 Å². The summed E-state index contributed by atoms with van der Waals surface area (Å²) in [5.74, 6) is 0.895. The van der Waals surface area contributed by atoms with Crippen molar-refractivity contribution in [3.05, 3.63) is 24.3 Å². The third kappa shape index (κ3) is 12.9. The molecule has 25 heavy (non-hydrogen) atoms. The lowest BCUT2D eigenvalue weighted by molar-refractivity contribution is 0.529. The lowest BCUT2D eigenvalue weighted by Gasteiger charge is -2.03. The minimum atomic E-state index is 0.895. The molecule has 0 aliphatic rings. The zero-order chi connectivity index (χ0) is 18.0. The Morgan fingerprint density at radius 3 is 1.60 bits per heavy atom. The zero-order valence-electron chi connectivity index (χ0n) is 16.8. The SMILES string of the molecule is C=Cc1ncc(CCCCCCCCCCCCCCCCCC)[nH]1. The Kier molecular flexibility index (Phi) is 14.4. The van der Waals surface area contributed by atoms with Crippen LogP contribution in [0.2, 0.25) is 0 Å². The van der Waals surface area contributed by atoms with Crippen LogP contribution in [-0.4, -0.2) is 9.97 Å². The number of H-pyrrole nitrogens is 1. The smallest absolute Gasteiger partial charge is 0.129 e. The molecule has 1 N–H and O–H groups in total. The molecular weight excluding hydrogens is 304 g/mol. The van der Waals surface area contributed by atoms with Crippen molar-refractivity contribution >= 4 is 6.08 Å². The van der Waals surface area contributed by atoms with Crippen LogP contribution in [0, 0.1) is 0 Å². The highest BCUT2D eigenvalue weighted by atomic mass is 14.9.